The fourth-order valence-corrected chi connectivity index (χ4v) is 3.32. The summed E-state index contributed by atoms with van der Waals surface area (Å²) in [7, 11) is 0. The second-order valence-electron chi connectivity index (χ2n) is 7.02. The molecule has 130 valence electrons. The standard InChI is InChI=1S/C21H24N2O2/c1-13-7-14(2)9-17(8-13)21(25)22-18-11-20(24)23(12-18)19-6-5-15(3)16(4)10-19/h5-10,18H,11-12H2,1-4H3,(H,22,25)/t18-/m1/s1. The molecule has 3 rings (SSSR count). The first-order valence-electron chi connectivity index (χ1n) is 8.60. The second kappa shape index (κ2) is 6.71. The molecule has 1 N–H and O–H groups in total. The van der Waals surface area contributed by atoms with Crippen LogP contribution in [0.4, 0.5) is 5.69 Å². The molecule has 1 atom stereocenters. The van der Waals surface area contributed by atoms with Gasteiger partial charge in [0.15, 0.2) is 0 Å². The number of hydrogen-bond donors (Lipinski definition) is 1. The summed E-state index contributed by atoms with van der Waals surface area (Å²) in [6, 6.07) is 11.6. The minimum Gasteiger partial charge on any atom is -0.347 e. The molecule has 0 radical (unpaired) electrons. The molecular weight excluding hydrogens is 312 g/mol. The number of anilines is 1. The Bertz CT molecular complexity index is 822. The van der Waals surface area contributed by atoms with Gasteiger partial charge in [-0.15, -0.1) is 0 Å². The molecule has 1 aliphatic heterocycles. The average molecular weight is 336 g/mol. The maximum absolute atomic E-state index is 12.5. The van der Waals surface area contributed by atoms with Crippen molar-refractivity contribution in [2.45, 2.75) is 40.2 Å². The molecule has 2 aromatic carbocycles. The van der Waals surface area contributed by atoms with Crippen molar-refractivity contribution in [3.8, 4) is 0 Å². The van der Waals surface area contributed by atoms with Crippen LogP contribution in [0, 0.1) is 27.7 Å². The highest BCUT2D eigenvalue weighted by Gasteiger charge is 2.31. The van der Waals surface area contributed by atoms with Gasteiger partial charge >= 0.3 is 0 Å². The quantitative estimate of drug-likeness (QED) is 0.933. The van der Waals surface area contributed by atoms with E-state index in [-0.39, 0.29) is 17.9 Å². The first kappa shape index (κ1) is 17.2. The lowest BCUT2D eigenvalue weighted by molar-refractivity contribution is -0.117. The summed E-state index contributed by atoms with van der Waals surface area (Å²) in [5, 5.41) is 3.00. The lowest BCUT2D eigenvalue weighted by atomic mass is 10.1. The van der Waals surface area contributed by atoms with Crippen LogP contribution in [0.5, 0.6) is 0 Å². The minimum atomic E-state index is -0.164. The number of nitrogens with zero attached hydrogens (tertiary/aromatic N) is 1. The molecule has 1 aliphatic rings. The molecule has 25 heavy (non-hydrogen) atoms. The van der Waals surface area contributed by atoms with Gasteiger partial charge in [-0.05, 0) is 63.1 Å². The third kappa shape index (κ3) is 3.73. The van der Waals surface area contributed by atoms with Crippen LogP contribution >= 0.6 is 0 Å². The van der Waals surface area contributed by atoms with Crippen LogP contribution in [0.3, 0.4) is 0 Å². The van der Waals surface area contributed by atoms with Crippen molar-refractivity contribution in [2.75, 3.05) is 11.4 Å². The van der Waals surface area contributed by atoms with Gasteiger partial charge in [-0.3, -0.25) is 9.59 Å². The molecule has 2 amide bonds. The van der Waals surface area contributed by atoms with Crippen LogP contribution in [0.25, 0.3) is 0 Å². The second-order valence-corrected chi connectivity index (χ2v) is 7.02. The molecule has 2 aromatic rings. The summed E-state index contributed by atoms with van der Waals surface area (Å²) in [6.07, 6.45) is 0.337. The zero-order valence-corrected chi connectivity index (χ0v) is 15.2. The zero-order chi connectivity index (χ0) is 18.1. The first-order chi connectivity index (χ1) is 11.8. The molecule has 0 spiro atoms. The lowest BCUT2D eigenvalue weighted by Gasteiger charge is -2.18. The van der Waals surface area contributed by atoms with Crippen molar-refractivity contribution in [2.24, 2.45) is 0 Å². The number of nitrogens with one attached hydrogen (secondary N) is 1. The van der Waals surface area contributed by atoms with Crippen LogP contribution in [-0.4, -0.2) is 24.4 Å². The Morgan fingerprint density at radius 1 is 1.00 bits per heavy atom. The minimum absolute atomic E-state index is 0.0500. The van der Waals surface area contributed by atoms with Crippen LogP contribution in [0.2, 0.25) is 0 Å². The van der Waals surface area contributed by atoms with E-state index in [0.29, 0.717) is 18.5 Å². The Morgan fingerprint density at radius 3 is 2.32 bits per heavy atom. The molecule has 4 heteroatoms. The summed E-state index contributed by atoms with van der Waals surface area (Å²) in [4.78, 5) is 26.7. The first-order valence-corrected chi connectivity index (χ1v) is 8.60. The molecule has 4 nitrogen and oxygen atoms in total. The van der Waals surface area contributed by atoms with Crippen molar-refractivity contribution >= 4 is 17.5 Å². The van der Waals surface area contributed by atoms with Crippen LogP contribution in [-0.2, 0) is 4.79 Å². The van der Waals surface area contributed by atoms with Crippen molar-refractivity contribution in [1.82, 2.24) is 5.32 Å². The molecule has 0 unspecified atom stereocenters. The monoisotopic (exact) mass is 336 g/mol. The van der Waals surface area contributed by atoms with E-state index >= 15 is 0 Å². The Balaban J connectivity index is 1.72. The molecule has 1 heterocycles. The zero-order valence-electron chi connectivity index (χ0n) is 15.2. The highest BCUT2D eigenvalue weighted by Crippen LogP contribution is 2.24. The summed E-state index contributed by atoms with van der Waals surface area (Å²) >= 11 is 0. The molecule has 0 aromatic heterocycles. The normalized spacial score (nSPS) is 17.0. The maximum atomic E-state index is 12.5. The third-order valence-corrected chi connectivity index (χ3v) is 4.75. The van der Waals surface area contributed by atoms with Crippen molar-refractivity contribution < 1.29 is 9.59 Å². The van der Waals surface area contributed by atoms with E-state index in [1.807, 2.05) is 57.2 Å². The Labute approximate surface area is 148 Å². The summed E-state index contributed by atoms with van der Waals surface area (Å²) in [6.45, 7) is 8.56. The van der Waals surface area contributed by atoms with Gasteiger partial charge in [-0.25, -0.2) is 0 Å². The summed E-state index contributed by atoms with van der Waals surface area (Å²) in [5.74, 6) is -0.0690. The highest BCUT2D eigenvalue weighted by molar-refractivity contribution is 5.99. The van der Waals surface area contributed by atoms with Crippen molar-refractivity contribution in [1.29, 1.82) is 0 Å². The Kier molecular flexibility index (Phi) is 4.62. The number of aryl methyl sites for hydroxylation is 4. The summed E-state index contributed by atoms with van der Waals surface area (Å²) in [5.41, 5.74) is 6.03. The largest absolute Gasteiger partial charge is 0.347 e. The molecule has 0 saturated carbocycles. The van der Waals surface area contributed by atoms with Crippen molar-refractivity contribution in [3.05, 3.63) is 64.2 Å². The molecule has 0 aliphatic carbocycles. The van der Waals surface area contributed by atoms with E-state index in [4.69, 9.17) is 0 Å². The Morgan fingerprint density at radius 2 is 1.68 bits per heavy atom. The van der Waals surface area contributed by atoms with Gasteiger partial charge in [0.25, 0.3) is 5.91 Å². The molecule has 1 saturated heterocycles. The van der Waals surface area contributed by atoms with Gasteiger partial charge in [0, 0.05) is 24.2 Å². The predicted molar refractivity (Wildman–Crippen MR) is 100 cm³/mol. The van der Waals surface area contributed by atoms with Crippen LogP contribution in [0.15, 0.2) is 36.4 Å². The van der Waals surface area contributed by atoms with E-state index in [0.717, 1.165) is 22.4 Å². The van der Waals surface area contributed by atoms with Crippen LogP contribution in [0.1, 0.15) is 39.0 Å². The third-order valence-electron chi connectivity index (χ3n) is 4.75. The van der Waals surface area contributed by atoms with Gasteiger partial charge < -0.3 is 10.2 Å². The van der Waals surface area contributed by atoms with Gasteiger partial charge in [-0.1, -0.05) is 23.3 Å². The SMILES string of the molecule is Cc1cc(C)cc(C(=O)N[C@@H]2CC(=O)N(c3ccc(C)c(C)c3)C2)c1. The van der Waals surface area contributed by atoms with E-state index in [1.54, 1.807) is 4.90 Å². The van der Waals surface area contributed by atoms with E-state index in [9.17, 15) is 9.59 Å². The number of amides is 2. The van der Waals surface area contributed by atoms with Crippen LogP contribution < -0.4 is 10.2 Å². The van der Waals surface area contributed by atoms with E-state index in [1.165, 1.54) is 5.56 Å². The summed E-state index contributed by atoms with van der Waals surface area (Å²) < 4.78 is 0. The van der Waals surface area contributed by atoms with Crippen molar-refractivity contribution in [3.63, 3.8) is 0 Å². The number of carbonyl (C=O) groups excluding carboxylic acids is 2. The Hall–Kier alpha value is -2.62. The van der Waals surface area contributed by atoms with Gasteiger partial charge in [-0.2, -0.15) is 0 Å². The average Bonchev–Trinajstić information content (AvgIpc) is 2.89. The lowest BCUT2D eigenvalue weighted by Crippen LogP contribution is -2.37. The molecule has 0 bridgehead atoms. The topological polar surface area (TPSA) is 49.4 Å². The predicted octanol–water partition coefficient (Wildman–Crippen LogP) is 3.46. The maximum Gasteiger partial charge on any atom is 0.251 e. The fraction of sp³-hybridized carbons (Fsp3) is 0.333. The van der Waals surface area contributed by atoms with E-state index < -0.39 is 0 Å². The molecular formula is C21H24N2O2. The van der Waals surface area contributed by atoms with Gasteiger partial charge in [0.1, 0.15) is 0 Å². The van der Waals surface area contributed by atoms with E-state index in [2.05, 4.69) is 12.2 Å². The van der Waals surface area contributed by atoms with Gasteiger partial charge in [0.2, 0.25) is 5.91 Å². The fourth-order valence-electron chi connectivity index (χ4n) is 3.32. The number of carbonyl (C=O) groups is 2. The molecule has 1 fully saturated rings. The number of rotatable bonds is 3. The number of benzene rings is 2. The smallest absolute Gasteiger partial charge is 0.251 e. The number of hydrogen-bond acceptors (Lipinski definition) is 2. The van der Waals surface area contributed by atoms with Gasteiger partial charge in [0.05, 0.1) is 6.04 Å². The highest BCUT2D eigenvalue weighted by atomic mass is 16.2.